The molecule has 2 N–H and O–H groups in total. The van der Waals surface area contributed by atoms with Crippen LogP contribution in [0.5, 0.6) is 5.75 Å². The van der Waals surface area contributed by atoms with Crippen molar-refractivity contribution in [2.75, 3.05) is 19.1 Å². The highest BCUT2D eigenvalue weighted by Crippen LogP contribution is 2.21. The highest BCUT2D eigenvalue weighted by molar-refractivity contribution is 5.94. The molecular formula is C17H17N6O2+. The SMILES string of the molecule is COc1ccc2c(ccn2CCNC(=O)c2ccc(N[N+]#N)nc2)c1. The van der Waals surface area contributed by atoms with Crippen LogP contribution in [0.25, 0.3) is 16.0 Å². The molecule has 8 heteroatoms. The zero-order chi connectivity index (χ0) is 17.6. The summed E-state index contributed by atoms with van der Waals surface area (Å²) < 4.78 is 7.29. The number of methoxy groups -OCH3 is 1. The number of aromatic nitrogens is 2. The highest BCUT2D eigenvalue weighted by atomic mass is 16.5. The third-order valence-corrected chi connectivity index (χ3v) is 3.81. The number of anilines is 1. The predicted octanol–water partition coefficient (Wildman–Crippen LogP) is 2.65. The van der Waals surface area contributed by atoms with E-state index < -0.39 is 0 Å². The van der Waals surface area contributed by atoms with Gasteiger partial charge in [-0.15, -0.1) is 0 Å². The molecule has 3 aromatic rings. The molecule has 0 aliphatic heterocycles. The average Bonchev–Trinajstić information content (AvgIpc) is 3.04. The van der Waals surface area contributed by atoms with Crippen molar-refractivity contribution >= 4 is 22.6 Å². The zero-order valence-corrected chi connectivity index (χ0v) is 13.6. The summed E-state index contributed by atoms with van der Waals surface area (Å²) in [6.45, 7) is 1.14. The summed E-state index contributed by atoms with van der Waals surface area (Å²) in [4.78, 5) is 16.1. The summed E-state index contributed by atoms with van der Waals surface area (Å²) in [5, 5.41) is 15.1. The van der Waals surface area contributed by atoms with Crippen molar-refractivity contribution in [2.45, 2.75) is 6.54 Å². The van der Waals surface area contributed by atoms with E-state index in [9.17, 15) is 4.79 Å². The third-order valence-electron chi connectivity index (χ3n) is 3.81. The van der Waals surface area contributed by atoms with Gasteiger partial charge in [-0.05, 0) is 36.4 Å². The summed E-state index contributed by atoms with van der Waals surface area (Å²) in [5.74, 6) is 0.962. The minimum absolute atomic E-state index is 0.210. The van der Waals surface area contributed by atoms with Crippen molar-refractivity contribution in [3.63, 3.8) is 0 Å². The quantitative estimate of drug-likeness (QED) is 0.532. The van der Waals surface area contributed by atoms with E-state index in [1.54, 1.807) is 19.2 Å². The van der Waals surface area contributed by atoms with Crippen molar-refractivity contribution in [1.29, 1.82) is 5.39 Å². The maximum atomic E-state index is 12.1. The number of fused-ring (bicyclic) bond motifs is 1. The smallest absolute Gasteiger partial charge is 0.309 e. The normalized spacial score (nSPS) is 10.2. The second kappa shape index (κ2) is 7.31. The maximum absolute atomic E-state index is 12.1. The number of hydrogen-bond acceptors (Lipinski definition) is 5. The van der Waals surface area contributed by atoms with Crippen LogP contribution in [0.1, 0.15) is 10.4 Å². The van der Waals surface area contributed by atoms with Crippen molar-refractivity contribution in [2.24, 2.45) is 0 Å². The van der Waals surface area contributed by atoms with Gasteiger partial charge in [-0.25, -0.2) is 4.98 Å². The second-order valence-electron chi connectivity index (χ2n) is 5.33. The Bertz CT molecular complexity index is 926. The molecule has 0 saturated heterocycles. The molecule has 0 spiro atoms. The van der Waals surface area contributed by atoms with E-state index >= 15 is 0 Å². The van der Waals surface area contributed by atoms with Gasteiger partial charge in [0, 0.05) is 41.8 Å². The molecular weight excluding hydrogens is 320 g/mol. The van der Waals surface area contributed by atoms with Gasteiger partial charge in [0.05, 0.1) is 12.7 Å². The van der Waals surface area contributed by atoms with Crippen LogP contribution in [0, 0.1) is 5.39 Å². The number of carbonyl (C=O) groups is 1. The van der Waals surface area contributed by atoms with Gasteiger partial charge in [0.25, 0.3) is 11.3 Å². The third kappa shape index (κ3) is 3.67. The molecule has 1 aromatic carbocycles. The number of diazo groups is 1. The van der Waals surface area contributed by atoms with Gasteiger partial charge in [-0.3, -0.25) is 4.79 Å². The van der Waals surface area contributed by atoms with Gasteiger partial charge in [-0.2, -0.15) is 0 Å². The summed E-state index contributed by atoms with van der Waals surface area (Å²) in [6.07, 6.45) is 3.40. The number of amides is 1. The lowest BCUT2D eigenvalue weighted by molar-refractivity contribution is 0.0952. The standard InChI is InChI=1S/C17H16N6O2/c1-25-14-3-4-15-12(10-14)6-8-23(15)9-7-19-17(24)13-2-5-16(20-11-13)21-22-18/h2-6,8,10-11H,7,9H2,1H3,(H-,19,20,21,24)/p+1. The Labute approximate surface area is 144 Å². The summed E-state index contributed by atoms with van der Waals surface area (Å²) in [5.41, 5.74) is 3.80. The van der Waals surface area contributed by atoms with Crippen LogP contribution < -0.4 is 15.5 Å². The number of pyridine rings is 1. The Morgan fingerprint density at radius 1 is 1.32 bits per heavy atom. The van der Waals surface area contributed by atoms with E-state index in [0.29, 0.717) is 24.5 Å². The molecule has 0 bridgehead atoms. The lowest BCUT2D eigenvalue weighted by Gasteiger charge is -2.08. The number of nitrogens with zero attached hydrogens (tertiary/aromatic N) is 4. The summed E-state index contributed by atoms with van der Waals surface area (Å²) in [6, 6.07) is 11.1. The fraction of sp³-hybridized carbons (Fsp3) is 0.176. The van der Waals surface area contributed by atoms with Crippen molar-refractivity contribution in [3.8, 4) is 5.75 Å². The van der Waals surface area contributed by atoms with Crippen LogP contribution in [0.4, 0.5) is 5.82 Å². The van der Waals surface area contributed by atoms with Crippen molar-refractivity contribution in [1.82, 2.24) is 14.9 Å². The number of benzene rings is 1. The van der Waals surface area contributed by atoms with E-state index in [4.69, 9.17) is 10.1 Å². The Kier molecular flexibility index (Phi) is 4.76. The van der Waals surface area contributed by atoms with E-state index in [1.165, 1.54) is 6.20 Å². The number of ether oxygens (including phenoxy) is 1. The van der Waals surface area contributed by atoms with Crippen LogP contribution in [0.15, 0.2) is 48.8 Å². The fourth-order valence-corrected chi connectivity index (χ4v) is 2.54. The fourth-order valence-electron chi connectivity index (χ4n) is 2.54. The van der Waals surface area contributed by atoms with E-state index in [0.717, 1.165) is 16.7 Å². The van der Waals surface area contributed by atoms with Gasteiger partial charge >= 0.3 is 5.08 Å². The Morgan fingerprint density at radius 3 is 2.92 bits per heavy atom. The van der Waals surface area contributed by atoms with Gasteiger partial charge in [-0.1, -0.05) is 0 Å². The number of rotatable bonds is 6. The molecule has 0 aliphatic carbocycles. The second-order valence-corrected chi connectivity index (χ2v) is 5.33. The van der Waals surface area contributed by atoms with Gasteiger partial charge < -0.3 is 14.6 Å². The number of nitrogens with one attached hydrogen (secondary N) is 2. The maximum Gasteiger partial charge on any atom is 0.309 e. The first kappa shape index (κ1) is 16.3. The Hall–Kier alpha value is -3.60. The van der Waals surface area contributed by atoms with Gasteiger partial charge in [0.15, 0.2) is 0 Å². The minimum atomic E-state index is -0.210. The first-order chi connectivity index (χ1) is 12.2. The Balaban J connectivity index is 1.59. The zero-order valence-electron chi connectivity index (χ0n) is 13.6. The molecule has 126 valence electrons. The highest BCUT2D eigenvalue weighted by Gasteiger charge is 2.08. The molecule has 0 unspecified atom stereocenters. The number of hydrogen-bond donors (Lipinski definition) is 2. The van der Waals surface area contributed by atoms with E-state index in [2.05, 4.69) is 25.4 Å². The van der Waals surface area contributed by atoms with Crippen LogP contribution >= 0.6 is 0 Å². The molecule has 0 radical (unpaired) electrons. The van der Waals surface area contributed by atoms with Crippen LogP contribution in [-0.4, -0.2) is 29.1 Å². The van der Waals surface area contributed by atoms with Crippen LogP contribution in [0.2, 0.25) is 0 Å². The monoisotopic (exact) mass is 337 g/mol. The summed E-state index contributed by atoms with van der Waals surface area (Å²) in [7, 11) is 1.64. The molecule has 2 aromatic heterocycles. The molecule has 25 heavy (non-hydrogen) atoms. The molecule has 0 fully saturated rings. The lowest BCUT2D eigenvalue weighted by Crippen LogP contribution is -2.27. The first-order valence-electron chi connectivity index (χ1n) is 7.68. The topological polar surface area (TPSA) is 96.3 Å². The Morgan fingerprint density at radius 2 is 2.20 bits per heavy atom. The van der Waals surface area contributed by atoms with Crippen LogP contribution in [0.3, 0.4) is 0 Å². The predicted molar refractivity (Wildman–Crippen MR) is 93.8 cm³/mol. The lowest BCUT2D eigenvalue weighted by atomic mass is 10.2. The molecule has 8 nitrogen and oxygen atoms in total. The van der Waals surface area contributed by atoms with E-state index in [1.807, 2.05) is 30.5 Å². The van der Waals surface area contributed by atoms with Gasteiger partial charge in [0.2, 0.25) is 5.82 Å². The molecule has 0 saturated carbocycles. The van der Waals surface area contributed by atoms with Gasteiger partial charge in [0.1, 0.15) is 5.75 Å². The van der Waals surface area contributed by atoms with Crippen molar-refractivity contribution < 1.29 is 9.53 Å². The van der Waals surface area contributed by atoms with Crippen LogP contribution in [-0.2, 0) is 6.54 Å². The molecule has 0 atom stereocenters. The van der Waals surface area contributed by atoms with E-state index in [-0.39, 0.29) is 5.91 Å². The van der Waals surface area contributed by atoms with Crippen molar-refractivity contribution in [3.05, 3.63) is 59.4 Å². The molecule has 2 heterocycles. The molecule has 3 rings (SSSR count). The molecule has 0 aliphatic rings. The average molecular weight is 337 g/mol. The number of carbonyl (C=O) groups excluding carboxylic acids is 1. The first-order valence-corrected chi connectivity index (χ1v) is 7.68. The molecule has 1 amide bonds. The summed E-state index contributed by atoms with van der Waals surface area (Å²) >= 11 is 0. The largest absolute Gasteiger partial charge is 0.497 e. The minimum Gasteiger partial charge on any atom is -0.497 e.